The lowest BCUT2D eigenvalue weighted by Gasteiger charge is -2.18. The highest BCUT2D eigenvalue weighted by molar-refractivity contribution is 6.34. The van der Waals surface area contributed by atoms with Crippen molar-refractivity contribution in [3.63, 3.8) is 0 Å². The predicted octanol–water partition coefficient (Wildman–Crippen LogP) is 5.25. The van der Waals surface area contributed by atoms with Crippen molar-refractivity contribution < 1.29 is 0 Å². The molecular formula is C17H19Cl2N. The molecule has 0 fully saturated rings. The molecule has 0 aromatic heterocycles. The minimum atomic E-state index is 0.0990. The van der Waals surface area contributed by atoms with Gasteiger partial charge in [-0.1, -0.05) is 60.8 Å². The molecule has 20 heavy (non-hydrogen) atoms. The van der Waals surface area contributed by atoms with E-state index in [1.165, 1.54) is 17.5 Å². The third kappa shape index (κ3) is 3.76. The Balaban J connectivity index is 2.31. The van der Waals surface area contributed by atoms with Crippen LogP contribution in [0.15, 0.2) is 42.5 Å². The molecule has 0 amide bonds. The van der Waals surface area contributed by atoms with Crippen molar-refractivity contribution in [2.75, 3.05) is 7.05 Å². The lowest BCUT2D eigenvalue weighted by Crippen LogP contribution is -2.17. The molecule has 106 valence electrons. The molecule has 0 aliphatic rings. The van der Waals surface area contributed by atoms with Crippen molar-refractivity contribution in [3.8, 4) is 0 Å². The molecular weight excluding hydrogens is 289 g/mol. The molecule has 2 aromatic rings. The van der Waals surface area contributed by atoms with E-state index in [1.807, 2.05) is 19.2 Å². The van der Waals surface area contributed by atoms with Gasteiger partial charge in [-0.15, -0.1) is 0 Å². The quantitative estimate of drug-likeness (QED) is 0.795. The summed E-state index contributed by atoms with van der Waals surface area (Å²) in [5.74, 6) is 0. The Morgan fingerprint density at radius 1 is 0.950 bits per heavy atom. The molecule has 1 nitrogen and oxygen atoms in total. The van der Waals surface area contributed by atoms with Gasteiger partial charge < -0.3 is 5.32 Å². The van der Waals surface area contributed by atoms with Crippen molar-refractivity contribution in [2.45, 2.75) is 25.8 Å². The SMILES string of the molecule is CCCc1ccc(C(NC)c2cc(Cl)cc(Cl)c2)cc1. The van der Waals surface area contributed by atoms with E-state index < -0.39 is 0 Å². The minimum Gasteiger partial charge on any atom is -0.309 e. The van der Waals surface area contributed by atoms with Gasteiger partial charge in [-0.25, -0.2) is 0 Å². The monoisotopic (exact) mass is 307 g/mol. The first kappa shape index (κ1) is 15.4. The summed E-state index contributed by atoms with van der Waals surface area (Å²) in [5.41, 5.74) is 3.66. The van der Waals surface area contributed by atoms with Crippen molar-refractivity contribution in [1.29, 1.82) is 0 Å². The number of hydrogen-bond acceptors (Lipinski definition) is 1. The molecule has 0 saturated carbocycles. The molecule has 0 saturated heterocycles. The Bertz CT molecular complexity index is 543. The number of rotatable bonds is 5. The topological polar surface area (TPSA) is 12.0 Å². The lowest BCUT2D eigenvalue weighted by atomic mass is 9.97. The van der Waals surface area contributed by atoms with Crippen LogP contribution in [0.5, 0.6) is 0 Å². The van der Waals surface area contributed by atoms with E-state index in [-0.39, 0.29) is 6.04 Å². The number of nitrogens with one attached hydrogen (secondary N) is 1. The highest BCUT2D eigenvalue weighted by atomic mass is 35.5. The Morgan fingerprint density at radius 3 is 2.05 bits per heavy atom. The summed E-state index contributed by atoms with van der Waals surface area (Å²) in [5, 5.41) is 4.65. The highest BCUT2D eigenvalue weighted by Crippen LogP contribution is 2.28. The molecule has 1 unspecified atom stereocenters. The molecule has 2 aromatic carbocycles. The highest BCUT2D eigenvalue weighted by Gasteiger charge is 2.13. The maximum Gasteiger partial charge on any atom is 0.0575 e. The summed E-state index contributed by atoms with van der Waals surface area (Å²) >= 11 is 12.2. The van der Waals surface area contributed by atoms with Gasteiger partial charge in [0.1, 0.15) is 0 Å². The maximum atomic E-state index is 6.09. The zero-order valence-electron chi connectivity index (χ0n) is 11.8. The number of benzene rings is 2. The van der Waals surface area contributed by atoms with Gasteiger partial charge in [-0.05, 0) is 48.4 Å². The fraction of sp³-hybridized carbons (Fsp3) is 0.294. The van der Waals surface area contributed by atoms with Crippen LogP contribution in [0, 0.1) is 0 Å². The second-order valence-electron chi connectivity index (χ2n) is 4.92. The zero-order chi connectivity index (χ0) is 14.5. The Morgan fingerprint density at radius 2 is 1.55 bits per heavy atom. The summed E-state index contributed by atoms with van der Waals surface area (Å²) in [6.45, 7) is 2.19. The zero-order valence-corrected chi connectivity index (χ0v) is 13.3. The second kappa shape index (κ2) is 7.12. The van der Waals surface area contributed by atoms with Gasteiger partial charge in [-0.3, -0.25) is 0 Å². The molecule has 0 spiro atoms. The molecule has 2 rings (SSSR count). The first-order chi connectivity index (χ1) is 9.63. The van der Waals surface area contributed by atoms with Gasteiger partial charge in [0.05, 0.1) is 6.04 Å². The summed E-state index contributed by atoms with van der Waals surface area (Å²) in [6, 6.07) is 14.5. The van der Waals surface area contributed by atoms with Crippen molar-refractivity contribution >= 4 is 23.2 Å². The van der Waals surface area contributed by atoms with Crippen molar-refractivity contribution in [2.24, 2.45) is 0 Å². The molecule has 0 aliphatic heterocycles. The van der Waals surface area contributed by atoms with Gasteiger partial charge >= 0.3 is 0 Å². The predicted molar refractivity (Wildman–Crippen MR) is 87.8 cm³/mol. The van der Waals surface area contributed by atoms with Crippen LogP contribution in [-0.4, -0.2) is 7.05 Å². The number of halogens is 2. The van der Waals surface area contributed by atoms with E-state index >= 15 is 0 Å². The van der Waals surface area contributed by atoms with Crippen LogP contribution >= 0.6 is 23.2 Å². The maximum absolute atomic E-state index is 6.09. The van der Waals surface area contributed by atoms with Gasteiger partial charge in [0, 0.05) is 10.0 Å². The molecule has 3 heteroatoms. The fourth-order valence-corrected chi connectivity index (χ4v) is 2.98. The van der Waals surface area contributed by atoms with Gasteiger partial charge in [0.25, 0.3) is 0 Å². The van der Waals surface area contributed by atoms with Crippen LogP contribution in [-0.2, 0) is 6.42 Å². The van der Waals surface area contributed by atoms with Crippen LogP contribution in [0.3, 0.4) is 0 Å². The van der Waals surface area contributed by atoms with E-state index in [4.69, 9.17) is 23.2 Å². The van der Waals surface area contributed by atoms with Gasteiger partial charge in [0.15, 0.2) is 0 Å². The van der Waals surface area contributed by atoms with Crippen LogP contribution < -0.4 is 5.32 Å². The molecule has 0 aliphatic carbocycles. The molecule has 0 bridgehead atoms. The molecule has 0 radical (unpaired) electrons. The summed E-state index contributed by atoms with van der Waals surface area (Å²) in [7, 11) is 1.94. The second-order valence-corrected chi connectivity index (χ2v) is 5.79. The third-order valence-corrected chi connectivity index (χ3v) is 3.80. The van der Waals surface area contributed by atoms with E-state index in [9.17, 15) is 0 Å². The van der Waals surface area contributed by atoms with Crippen molar-refractivity contribution in [3.05, 3.63) is 69.2 Å². The van der Waals surface area contributed by atoms with E-state index in [0.717, 1.165) is 12.0 Å². The van der Waals surface area contributed by atoms with Crippen molar-refractivity contribution in [1.82, 2.24) is 5.32 Å². The smallest absolute Gasteiger partial charge is 0.0575 e. The normalized spacial score (nSPS) is 12.4. The Labute approximate surface area is 130 Å². The lowest BCUT2D eigenvalue weighted by molar-refractivity contribution is 0.691. The van der Waals surface area contributed by atoms with Crippen LogP contribution in [0.25, 0.3) is 0 Å². The van der Waals surface area contributed by atoms with E-state index in [0.29, 0.717) is 10.0 Å². The largest absolute Gasteiger partial charge is 0.309 e. The van der Waals surface area contributed by atoms with Gasteiger partial charge in [0.2, 0.25) is 0 Å². The number of hydrogen-bond donors (Lipinski definition) is 1. The number of aryl methyl sites for hydroxylation is 1. The average Bonchev–Trinajstić information content (AvgIpc) is 2.41. The molecule has 0 heterocycles. The molecule has 1 N–H and O–H groups in total. The van der Waals surface area contributed by atoms with E-state index in [2.05, 4.69) is 36.5 Å². The summed E-state index contributed by atoms with van der Waals surface area (Å²) < 4.78 is 0. The van der Waals surface area contributed by atoms with Crippen LogP contribution in [0.1, 0.15) is 36.1 Å². The first-order valence-electron chi connectivity index (χ1n) is 6.86. The average molecular weight is 308 g/mol. The molecule has 1 atom stereocenters. The Kier molecular flexibility index (Phi) is 5.47. The minimum absolute atomic E-state index is 0.0990. The summed E-state index contributed by atoms with van der Waals surface area (Å²) in [4.78, 5) is 0. The van der Waals surface area contributed by atoms with E-state index in [1.54, 1.807) is 6.07 Å². The first-order valence-corrected chi connectivity index (χ1v) is 7.61. The van der Waals surface area contributed by atoms with Gasteiger partial charge in [-0.2, -0.15) is 0 Å². The summed E-state index contributed by atoms with van der Waals surface area (Å²) in [6.07, 6.45) is 2.28. The third-order valence-electron chi connectivity index (χ3n) is 3.36. The van der Waals surface area contributed by atoms with Crippen LogP contribution in [0.2, 0.25) is 10.0 Å². The van der Waals surface area contributed by atoms with Crippen LogP contribution in [0.4, 0.5) is 0 Å². The Hall–Kier alpha value is -1.02. The standard InChI is InChI=1S/C17H19Cl2N/c1-3-4-12-5-7-13(8-6-12)17(20-2)14-9-15(18)11-16(19)10-14/h5-11,17,20H,3-4H2,1-2H3. The fourth-order valence-electron chi connectivity index (χ4n) is 2.43.